The van der Waals surface area contributed by atoms with E-state index in [9.17, 15) is 9.59 Å². The van der Waals surface area contributed by atoms with Crippen LogP contribution in [0.1, 0.15) is 31.4 Å². The van der Waals surface area contributed by atoms with Crippen molar-refractivity contribution in [3.8, 4) is 5.75 Å². The van der Waals surface area contributed by atoms with Crippen molar-refractivity contribution in [3.05, 3.63) is 38.7 Å². The van der Waals surface area contributed by atoms with Crippen LogP contribution < -0.4 is 10.4 Å². The van der Waals surface area contributed by atoms with Crippen molar-refractivity contribution in [2.75, 3.05) is 19.7 Å². The monoisotopic (exact) mass is 349 g/mol. The van der Waals surface area contributed by atoms with E-state index in [0.29, 0.717) is 29.4 Å². The van der Waals surface area contributed by atoms with E-state index in [-0.39, 0.29) is 18.1 Å². The summed E-state index contributed by atoms with van der Waals surface area (Å²) in [4.78, 5) is 25.8. The Morgan fingerprint density at radius 3 is 2.67 bits per heavy atom. The standard InChI is InChI=1S/C18H20ClNO4/c1-3-20(4-2)17(21)10-23-16-9-15-13(8-14(16)19)11-6-5-7-12(11)18(22)24-15/h8-9H,3-7,10H2,1-2H3. The number of amides is 1. The Kier molecular flexibility index (Phi) is 4.81. The third kappa shape index (κ3) is 3.00. The number of nitrogens with zero attached hydrogens (tertiary/aromatic N) is 1. The maximum Gasteiger partial charge on any atom is 0.339 e. The van der Waals surface area contributed by atoms with Crippen molar-refractivity contribution in [1.82, 2.24) is 4.90 Å². The van der Waals surface area contributed by atoms with Gasteiger partial charge in [-0.3, -0.25) is 4.79 Å². The minimum atomic E-state index is -0.289. The molecule has 0 N–H and O–H groups in total. The number of hydrogen-bond acceptors (Lipinski definition) is 4. The second-order valence-corrected chi connectivity index (χ2v) is 6.24. The number of carbonyl (C=O) groups is 1. The van der Waals surface area contributed by atoms with Gasteiger partial charge in [0.1, 0.15) is 11.3 Å². The van der Waals surface area contributed by atoms with Gasteiger partial charge in [-0.15, -0.1) is 0 Å². The van der Waals surface area contributed by atoms with Crippen LogP contribution in [0.2, 0.25) is 5.02 Å². The number of ether oxygens (including phenoxy) is 1. The molecule has 0 aliphatic heterocycles. The number of hydrogen-bond donors (Lipinski definition) is 0. The average Bonchev–Trinajstić information content (AvgIpc) is 3.05. The summed E-state index contributed by atoms with van der Waals surface area (Å²) < 4.78 is 11.0. The summed E-state index contributed by atoms with van der Waals surface area (Å²) in [6.45, 7) is 5.00. The highest BCUT2D eigenvalue weighted by Crippen LogP contribution is 2.34. The highest BCUT2D eigenvalue weighted by atomic mass is 35.5. The van der Waals surface area contributed by atoms with Crippen molar-refractivity contribution in [1.29, 1.82) is 0 Å². The van der Waals surface area contributed by atoms with Crippen LogP contribution in [0, 0.1) is 0 Å². The second kappa shape index (κ2) is 6.85. The van der Waals surface area contributed by atoms with Crippen molar-refractivity contribution in [3.63, 3.8) is 0 Å². The van der Waals surface area contributed by atoms with Crippen LogP contribution in [0.5, 0.6) is 5.75 Å². The number of rotatable bonds is 5. The molecule has 0 radical (unpaired) electrons. The molecule has 1 aliphatic carbocycles. The molecule has 0 atom stereocenters. The molecule has 1 amide bonds. The van der Waals surface area contributed by atoms with Gasteiger partial charge < -0.3 is 14.1 Å². The number of aryl methyl sites for hydroxylation is 1. The molecule has 24 heavy (non-hydrogen) atoms. The van der Waals surface area contributed by atoms with Crippen LogP contribution in [-0.4, -0.2) is 30.5 Å². The van der Waals surface area contributed by atoms with E-state index in [2.05, 4.69) is 0 Å². The summed E-state index contributed by atoms with van der Waals surface area (Å²) in [5.41, 5.74) is 1.94. The minimum absolute atomic E-state index is 0.0952. The summed E-state index contributed by atoms with van der Waals surface area (Å²) in [7, 11) is 0. The SMILES string of the molecule is CCN(CC)C(=O)COc1cc2oc(=O)c3c(c2cc1Cl)CCC3. The van der Waals surface area contributed by atoms with Crippen LogP contribution in [0.3, 0.4) is 0 Å². The van der Waals surface area contributed by atoms with Gasteiger partial charge in [0, 0.05) is 30.1 Å². The molecule has 5 nitrogen and oxygen atoms in total. The molecule has 3 rings (SSSR count). The molecule has 128 valence electrons. The lowest BCUT2D eigenvalue weighted by Gasteiger charge is -2.19. The van der Waals surface area contributed by atoms with Gasteiger partial charge in [-0.1, -0.05) is 11.6 Å². The number of halogens is 1. The Balaban J connectivity index is 1.90. The van der Waals surface area contributed by atoms with E-state index >= 15 is 0 Å². The Hall–Kier alpha value is -2.01. The first kappa shape index (κ1) is 16.8. The van der Waals surface area contributed by atoms with Gasteiger partial charge in [0.15, 0.2) is 6.61 Å². The predicted molar refractivity (Wildman–Crippen MR) is 92.9 cm³/mol. The summed E-state index contributed by atoms with van der Waals surface area (Å²) in [6, 6.07) is 3.37. The maximum absolute atomic E-state index is 12.1. The number of fused-ring (bicyclic) bond motifs is 3. The zero-order chi connectivity index (χ0) is 17.3. The number of benzene rings is 1. The van der Waals surface area contributed by atoms with Crippen molar-refractivity contribution >= 4 is 28.5 Å². The molecule has 0 unspecified atom stereocenters. The molecule has 1 heterocycles. The highest BCUT2D eigenvalue weighted by molar-refractivity contribution is 6.32. The van der Waals surface area contributed by atoms with Gasteiger partial charge in [-0.25, -0.2) is 4.79 Å². The van der Waals surface area contributed by atoms with Crippen molar-refractivity contribution < 1.29 is 13.9 Å². The molecule has 1 aromatic heterocycles. The third-order valence-electron chi connectivity index (χ3n) is 4.49. The molecule has 0 fully saturated rings. The summed E-state index contributed by atoms with van der Waals surface area (Å²) in [5, 5.41) is 1.27. The molecule has 0 saturated heterocycles. The molecule has 1 aliphatic rings. The van der Waals surface area contributed by atoms with Crippen LogP contribution in [0.15, 0.2) is 21.3 Å². The van der Waals surface area contributed by atoms with Gasteiger partial charge >= 0.3 is 5.63 Å². The van der Waals surface area contributed by atoms with Gasteiger partial charge in [-0.05, 0) is 44.7 Å². The van der Waals surface area contributed by atoms with Gasteiger partial charge in [0.25, 0.3) is 5.91 Å². The number of likely N-dealkylation sites (N-methyl/N-ethyl adjacent to an activating group) is 1. The number of carbonyl (C=O) groups excluding carboxylic acids is 1. The zero-order valence-corrected chi connectivity index (χ0v) is 14.6. The fourth-order valence-electron chi connectivity index (χ4n) is 3.20. The Labute approximate surface area is 145 Å². The summed E-state index contributed by atoms with van der Waals surface area (Å²) in [6.07, 6.45) is 2.56. The minimum Gasteiger partial charge on any atom is -0.482 e. The van der Waals surface area contributed by atoms with E-state index in [0.717, 1.165) is 35.8 Å². The van der Waals surface area contributed by atoms with Crippen LogP contribution in [0.25, 0.3) is 11.0 Å². The molecule has 2 aromatic rings. The molecular weight excluding hydrogens is 330 g/mol. The second-order valence-electron chi connectivity index (χ2n) is 5.83. The lowest BCUT2D eigenvalue weighted by molar-refractivity contribution is -0.132. The van der Waals surface area contributed by atoms with Crippen LogP contribution >= 0.6 is 11.6 Å². The van der Waals surface area contributed by atoms with Crippen LogP contribution in [-0.2, 0) is 17.6 Å². The Bertz CT molecular complexity index is 839. The first-order chi connectivity index (χ1) is 11.5. The van der Waals surface area contributed by atoms with E-state index in [1.54, 1.807) is 17.0 Å². The third-order valence-corrected chi connectivity index (χ3v) is 4.79. The maximum atomic E-state index is 12.1. The highest BCUT2D eigenvalue weighted by Gasteiger charge is 2.21. The first-order valence-corrected chi connectivity index (χ1v) is 8.61. The molecule has 0 bridgehead atoms. The Morgan fingerprint density at radius 2 is 1.96 bits per heavy atom. The molecule has 0 saturated carbocycles. The van der Waals surface area contributed by atoms with E-state index in [1.807, 2.05) is 13.8 Å². The average molecular weight is 350 g/mol. The topological polar surface area (TPSA) is 59.8 Å². The van der Waals surface area contributed by atoms with Crippen molar-refractivity contribution in [2.45, 2.75) is 33.1 Å². The normalized spacial score (nSPS) is 13.1. The molecule has 6 heteroatoms. The molecular formula is C18H20ClNO4. The quantitative estimate of drug-likeness (QED) is 0.778. The smallest absolute Gasteiger partial charge is 0.339 e. The summed E-state index contributed by atoms with van der Waals surface area (Å²) in [5.74, 6) is 0.248. The fourth-order valence-corrected chi connectivity index (χ4v) is 3.42. The van der Waals surface area contributed by atoms with E-state index < -0.39 is 0 Å². The van der Waals surface area contributed by atoms with Crippen molar-refractivity contribution in [2.24, 2.45) is 0 Å². The molecule has 0 spiro atoms. The Morgan fingerprint density at radius 1 is 1.25 bits per heavy atom. The van der Waals surface area contributed by atoms with E-state index in [4.69, 9.17) is 20.8 Å². The van der Waals surface area contributed by atoms with Crippen LogP contribution in [0.4, 0.5) is 0 Å². The first-order valence-electron chi connectivity index (χ1n) is 8.23. The fraction of sp³-hybridized carbons (Fsp3) is 0.444. The lowest BCUT2D eigenvalue weighted by atomic mass is 10.1. The predicted octanol–water partition coefficient (Wildman–Crippen LogP) is 3.18. The summed E-state index contributed by atoms with van der Waals surface area (Å²) >= 11 is 6.31. The largest absolute Gasteiger partial charge is 0.482 e. The van der Waals surface area contributed by atoms with Gasteiger partial charge in [0.05, 0.1) is 5.02 Å². The lowest BCUT2D eigenvalue weighted by Crippen LogP contribution is -2.34. The zero-order valence-electron chi connectivity index (χ0n) is 13.9. The van der Waals surface area contributed by atoms with Gasteiger partial charge in [-0.2, -0.15) is 0 Å². The molecule has 1 aromatic carbocycles. The van der Waals surface area contributed by atoms with Gasteiger partial charge in [0.2, 0.25) is 0 Å². The van der Waals surface area contributed by atoms with E-state index in [1.165, 1.54) is 0 Å².